The SMILES string of the molecule is N/C=C/C/C=C/C1CCCN1. The van der Waals surface area contributed by atoms with E-state index in [0.29, 0.717) is 6.04 Å². The normalized spacial score (nSPS) is 25.6. The molecule has 1 heterocycles. The zero-order chi connectivity index (χ0) is 7.94. The highest BCUT2D eigenvalue weighted by Gasteiger charge is 2.08. The minimum atomic E-state index is 0.612. The Morgan fingerprint density at radius 1 is 1.45 bits per heavy atom. The van der Waals surface area contributed by atoms with Crippen molar-refractivity contribution in [3.63, 3.8) is 0 Å². The Morgan fingerprint density at radius 2 is 2.36 bits per heavy atom. The highest BCUT2D eigenvalue weighted by Crippen LogP contribution is 2.05. The van der Waals surface area contributed by atoms with Gasteiger partial charge in [0.05, 0.1) is 0 Å². The van der Waals surface area contributed by atoms with E-state index in [1.54, 1.807) is 6.20 Å². The summed E-state index contributed by atoms with van der Waals surface area (Å²) in [6.45, 7) is 1.17. The van der Waals surface area contributed by atoms with Crippen molar-refractivity contribution in [1.82, 2.24) is 5.32 Å². The predicted molar refractivity (Wildman–Crippen MR) is 48.1 cm³/mol. The summed E-state index contributed by atoms with van der Waals surface area (Å²) in [4.78, 5) is 0. The van der Waals surface area contributed by atoms with Crippen LogP contribution in [-0.4, -0.2) is 12.6 Å². The summed E-state index contributed by atoms with van der Waals surface area (Å²) in [7, 11) is 0. The summed E-state index contributed by atoms with van der Waals surface area (Å²) >= 11 is 0. The fourth-order valence-corrected chi connectivity index (χ4v) is 1.28. The quantitative estimate of drug-likeness (QED) is 0.595. The molecule has 0 aromatic carbocycles. The summed E-state index contributed by atoms with van der Waals surface area (Å²) < 4.78 is 0. The molecule has 62 valence electrons. The average molecular weight is 152 g/mol. The lowest BCUT2D eigenvalue weighted by molar-refractivity contribution is 0.726. The van der Waals surface area contributed by atoms with Crippen molar-refractivity contribution < 1.29 is 0 Å². The van der Waals surface area contributed by atoms with E-state index in [-0.39, 0.29) is 0 Å². The van der Waals surface area contributed by atoms with Crippen molar-refractivity contribution in [2.75, 3.05) is 6.54 Å². The summed E-state index contributed by atoms with van der Waals surface area (Å²) in [5, 5.41) is 3.39. The molecule has 1 atom stereocenters. The van der Waals surface area contributed by atoms with Crippen LogP contribution in [0.3, 0.4) is 0 Å². The third-order valence-electron chi connectivity index (χ3n) is 1.88. The van der Waals surface area contributed by atoms with Gasteiger partial charge in [-0.2, -0.15) is 0 Å². The van der Waals surface area contributed by atoms with E-state index >= 15 is 0 Å². The first-order valence-electron chi connectivity index (χ1n) is 4.20. The molecular weight excluding hydrogens is 136 g/mol. The molecule has 0 bridgehead atoms. The Morgan fingerprint density at radius 3 is 3.00 bits per heavy atom. The molecule has 3 N–H and O–H groups in total. The molecule has 1 rings (SSSR count). The Labute approximate surface area is 68.2 Å². The monoisotopic (exact) mass is 152 g/mol. The smallest absolute Gasteiger partial charge is 0.0250 e. The second-order valence-electron chi connectivity index (χ2n) is 2.79. The maximum atomic E-state index is 5.19. The van der Waals surface area contributed by atoms with Crippen LogP contribution in [0.15, 0.2) is 24.4 Å². The highest BCUT2D eigenvalue weighted by molar-refractivity contribution is 4.99. The zero-order valence-corrected chi connectivity index (χ0v) is 6.79. The zero-order valence-electron chi connectivity index (χ0n) is 6.79. The molecule has 1 aliphatic rings. The first-order chi connectivity index (χ1) is 5.43. The maximum absolute atomic E-state index is 5.19. The molecule has 0 saturated carbocycles. The maximum Gasteiger partial charge on any atom is 0.0250 e. The number of allylic oxidation sites excluding steroid dienone is 2. The van der Waals surface area contributed by atoms with Gasteiger partial charge < -0.3 is 11.1 Å². The lowest BCUT2D eigenvalue weighted by Crippen LogP contribution is -2.17. The molecule has 1 aliphatic heterocycles. The minimum Gasteiger partial charge on any atom is -0.405 e. The fraction of sp³-hybridized carbons (Fsp3) is 0.556. The van der Waals surface area contributed by atoms with E-state index in [1.807, 2.05) is 6.08 Å². The number of nitrogens with two attached hydrogens (primary N) is 1. The van der Waals surface area contributed by atoms with Crippen LogP contribution in [0, 0.1) is 0 Å². The van der Waals surface area contributed by atoms with Gasteiger partial charge in [0.15, 0.2) is 0 Å². The standard InChI is InChI=1S/C9H16N2/c10-7-3-1-2-5-9-6-4-8-11-9/h2-3,5,7,9,11H,1,4,6,8,10H2/b5-2+,7-3+. The number of hydrogen-bond donors (Lipinski definition) is 2. The molecule has 0 amide bonds. The van der Waals surface area contributed by atoms with E-state index in [1.165, 1.54) is 19.4 Å². The first kappa shape index (κ1) is 8.34. The molecule has 0 aromatic rings. The molecule has 0 aliphatic carbocycles. The van der Waals surface area contributed by atoms with Crippen LogP contribution in [0.1, 0.15) is 19.3 Å². The van der Waals surface area contributed by atoms with Gasteiger partial charge in [-0.1, -0.05) is 18.2 Å². The predicted octanol–water partition coefficient (Wildman–Crippen LogP) is 1.16. The average Bonchev–Trinajstić information content (AvgIpc) is 2.50. The Kier molecular flexibility index (Phi) is 3.76. The van der Waals surface area contributed by atoms with Crippen molar-refractivity contribution in [3.8, 4) is 0 Å². The van der Waals surface area contributed by atoms with Gasteiger partial charge in [-0.25, -0.2) is 0 Å². The molecule has 0 aromatic heterocycles. The molecular formula is C9H16N2. The van der Waals surface area contributed by atoms with Gasteiger partial charge in [-0.3, -0.25) is 0 Å². The van der Waals surface area contributed by atoms with Crippen LogP contribution >= 0.6 is 0 Å². The second-order valence-corrected chi connectivity index (χ2v) is 2.79. The van der Waals surface area contributed by atoms with Gasteiger partial charge in [0.25, 0.3) is 0 Å². The third kappa shape index (κ3) is 3.23. The van der Waals surface area contributed by atoms with Gasteiger partial charge in [-0.15, -0.1) is 0 Å². The Bertz CT molecular complexity index is 144. The molecule has 2 nitrogen and oxygen atoms in total. The van der Waals surface area contributed by atoms with Gasteiger partial charge in [0.2, 0.25) is 0 Å². The van der Waals surface area contributed by atoms with Crippen LogP contribution in [0.2, 0.25) is 0 Å². The number of hydrogen-bond acceptors (Lipinski definition) is 2. The van der Waals surface area contributed by atoms with Crippen molar-refractivity contribution in [1.29, 1.82) is 0 Å². The van der Waals surface area contributed by atoms with E-state index in [9.17, 15) is 0 Å². The number of rotatable bonds is 3. The van der Waals surface area contributed by atoms with Crippen molar-refractivity contribution >= 4 is 0 Å². The molecule has 1 saturated heterocycles. The molecule has 1 unspecified atom stereocenters. The molecule has 0 radical (unpaired) electrons. The van der Waals surface area contributed by atoms with Gasteiger partial charge in [0.1, 0.15) is 0 Å². The van der Waals surface area contributed by atoms with Gasteiger partial charge in [-0.05, 0) is 32.0 Å². The fourth-order valence-electron chi connectivity index (χ4n) is 1.28. The molecule has 2 heteroatoms. The van der Waals surface area contributed by atoms with Crippen LogP contribution < -0.4 is 11.1 Å². The summed E-state index contributed by atoms with van der Waals surface area (Å²) in [5.41, 5.74) is 5.19. The summed E-state index contributed by atoms with van der Waals surface area (Å²) in [6.07, 6.45) is 11.5. The number of nitrogens with one attached hydrogen (secondary N) is 1. The largest absolute Gasteiger partial charge is 0.405 e. The topological polar surface area (TPSA) is 38.0 Å². The Balaban J connectivity index is 2.12. The van der Waals surface area contributed by atoms with Gasteiger partial charge >= 0.3 is 0 Å². The lowest BCUT2D eigenvalue weighted by atomic mass is 10.2. The summed E-state index contributed by atoms with van der Waals surface area (Å²) in [6, 6.07) is 0.612. The first-order valence-corrected chi connectivity index (χ1v) is 4.20. The van der Waals surface area contributed by atoms with E-state index in [0.717, 1.165) is 6.42 Å². The van der Waals surface area contributed by atoms with E-state index in [2.05, 4.69) is 17.5 Å². The lowest BCUT2D eigenvalue weighted by Gasteiger charge is -2.00. The summed E-state index contributed by atoms with van der Waals surface area (Å²) in [5.74, 6) is 0. The molecule has 0 spiro atoms. The van der Waals surface area contributed by atoms with E-state index in [4.69, 9.17) is 5.73 Å². The van der Waals surface area contributed by atoms with Gasteiger partial charge in [0, 0.05) is 6.04 Å². The minimum absolute atomic E-state index is 0.612. The van der Waals surface area contributed by atoms with E-state index < -0.39 is 0 Å². The van der Waals surface area contributed by atoms with Crippen LogP contribution in [0.4, 0.5) is 0 Å². The van der Waals surface area contributed by atoms with Crippen molar-refractivity contribution in [2.24, 2.45) is 5.73 Å². The second kappa shape index (κ2) is 4.97. The Hall–Kier alpha value is -0.760. The van der Waals surface area contributed by atoms with Crippen molar-refractivity contribution in [3.05, 3.63) is 24.4 Å². The van der Waals surface area contributed by atoms with Crippen LogP contribution in [0.5, 0.6) is 0 Å². The highest BCUT2D eigenvalue weighted by atomic mass is 14.9. The third-order valence-corrected chi connectivity index (χ3v) is 1.88. The van der Waals surface area contributed by atoms with Crippen LogP contribution in [-0.2, 0) is 0 Å². The molecule has 1 fully saturated rings. The molecule has 11 heavy (non-hydrogen) atoms. The van der Waals surface area contributed by atoms with Crippen LogP contribution in [0.25, 0.3) is 0 Å². The van der Waals surface area contributed by atoms with Crippen molar-refractivity contribution in [2.45, 2.75) is 25.3 Å².